The van der Waals surface area contributed by atoms with E-state index in [0.717, 1.165) is 53.2 Å². The highest BCUT2D eigenvalue weighted by Gasteiger charge is 2.21. The predicted octanol–water partition coefficient (Wildman–Crippen LogP) is 2.73. The SMILES string of the molecule is Cc1c(Cl)c(CN2CC[C@H](N)C2)nc2ccccc12. The van der Waals surface area contributed by atoms with Crippen LogP contribution in [0, 0.1) is 6.92 Å². The number of halogens is 1. The van der Waals surface area contributed by atoms with Gasteiger partial charge in [-0.25, -0.2) is 4.98 Å². The Hall–Kier alpha value is -1.16. The van der Waals surface area contributed by atoms with Gasteiger partial charge in [0, 0.05) is 31.1 Å². The number of fused-ring (bicyclic) bond motifs is 1. The van der Waals surface area contributed by atoms with Crippen molar-refractivity contribution in [3.05, 3.63) is 40.5 Å². The zero-order valence-electron chi connectivity index (χ0n) is 11.1. The number of hydrogen-bond donors (Lipinski definition) is 1. The van der Waals surface area contributed by atoms with Crippen LogP contribution in [0.15, 0.2) is 24.3 Å². The quantitative estimate of drug-likeness (QED) is 0.916. The minimum absolute atomic E-state index is 0.292. The van der Waals surface area contributed by atoms with E-state index in [0.29, 0.717) is 6.04 Å². The molecular weight excluding hydrogens is 258 g/mol. The first-order valence-electron chi connectivity index (χ1n) is 6.67. The van der Waals surface area contributed by atoms with Crippen molar-refractivity contribution in [2.45, 2.75) is 25.9 Å². The molecule has 0 saturated carbocycles. The highest BCUT2D eigenvalue weighted by Crippen LogP contribution is 2.28. The normalized spacial score (nSPS) is 20.3. The molecule has 1 aliphatic heterocycles. The van der Waals surface area contributed by atoms with Gasteiger partial charge >= 0.3 is 0 Å². The van der Waals surface area contributed by atoms with Crippen LogP contribution >= 0.6 is 11.6 Å². The fraction of sp³-hybridized carbons (Fsp3) is 0.400. The van der Waals surface area contributed by atoms with E-state index in [1.165, 1.54) is 0 Å². The van der Waals surface area contributed by atoms with Gasteiger partial charge in [-0.3, -0.25) is 4.90 Å². The van der Waals surface area contributed by atoms with Crippen LogP contribution in [0.3, 0.4) is 0 Å². The summed E-state index contributed by atoms with van der Waals surface area (Å²) in [5, 5.41) is 1.92. The van der Waals surface area contributed by atoms with Crippen LogP contribution in [0.2, 0.25) is 5.02 Å². The Morgan fingerprint density at radius 3 is 2.95 bits per heavy atom. The summed E-state index contributed by atoms with van der Waals surface area (Å²) in [7, 11) is 0. The van der Waals surface area contributed by atoms with Gasteiger partial charge in [-0.05, 0) is 25.0 Å². The molecule has 0 amide bonds. The van der Waals surface area contributed by atoms with E-state index in [-0.39, 0.29) is 0 Å². The summed E-state index contributed by atoms with van der Waals surface area (Å²) in [4.78, 5) is 7.04. The Labute approximate surface area is 118 Å². The van der Waals surface area contributed by atoms with Crippen LogP contribution in [0.4, 0.5) is 0 Å². The van der Waals surface area contributed by atoms with Crippen LogP contribution in [-0.4, -0.2) is 29.0 Å². The highest BCUT2D eigenvalue weighted by atomic mass is 35.5. The van der Waals surface area contributed by atoms with E-state index in [2.05, 4.69) is 17.9 Å². The van der Waals surface area contributed by atoms with Gasteiger partial charge in [0.05, 0.1) is 16.2 Å². The third-order valence-electron chi connectivity index (χ3n) is 3.83. The second-order valence-electron chi connectivity index (χ2n) is 5.30. The molecule has 1 fully saturated rings. The second kappa shape index (κ2) is 5.08. The van der Waals surface area contributed by atoms with Gasteiger partial charge in [0.1, 0.15) is 0 Å². The summed E-state index contributed by atoms with van der Waals surface area (Å²) in [5.41, 5.74) is 9.04. The van der Waals surface area contributed by atoms with E-state index >= 15 is 0 Å². The standard InChI is InChI=1S/C15H18ClN3/c1-10-12-4-2-3-5-13(12)18-14(15(10)16)9-19-7-6-11(17)8-19/h2-5,11H,6-9,17H2,1H3/t11-/m0/s1. The smallest absolute Gasteiger partial charge is 0.0740 e. The van der Waals surface area contributed by atoms with Crippen molar-refractivity contribution < 1.29 is 0 Å². The number of hydrogen-bond acceptors (Lipinski definition) is 3. The lowest BCUT2D eigenvalue weighted by Gasteiger charge is -2.17. The molecule has 3 nitrogen and oxygen atoms in total. The molecule has 2 heterocycles. The Morgan fingerprint density at radius 1 is 1.42 bits per heavy atom. The minimum atomic E-state index is 0.292. The minimum Gasteiger partial charge on any atom is -0.326 e. The largest absolute Gasteiger partial charge is 0.326 e. The molecule has 0 radical (unpaired) electrons. The molecule has 100 valence electrons. The molecule has 3 rings (SSSR count). The molecule has 19 heavy (non-hydrogen) atoms. The predicted molar refractivity (Wildman–Crippen MR) is 79.4 cm³/mol. The molecule has 1 aromatic heterocycles. The molecule has 0 aliphatic carbocycles. The van der Waals surface area contributed by atoms with Gasteiger partial charge in [0.25, 0.3) is 0 Å². The lowest BCUT2D eigenvalue weighted by atomic mass is 10.1. The number of rotatable bonds is 2. The second-order valence-corrected chi connectivity index (χ2v) is 5.68. The molecule has 4 heteroatoms. The molecule has 0 unspecified atom stereocenters. The maximum absolute atomic E-state index is 6.47. The maximum Gasteiger partial charge on any atom is 0.0740 e. The van der Waals surface area contributed by atoms with E-state index in [1.54, 1.807) is 0 Å². The van der Waals surface area contributed by atoms with E-state index in [4.69, 9.17) is 22.3 Å². The first kappa shape index (κ1) is 12.9. The summed E-state index contributed by atoms with van der Waals surface area (Å²) in [6.45, 7) is 4.82. The molecule has 1 atom stereocenters. The van der Waals surface area contributed by atoms with Crippen molar-refractivity contribution in [1.29, 1.82) is 0 Å². The number of likely N-dealkylation sites (tertiary alicyclic amines) is 1. The van der Waals surface area contributed by atoms with Gasteiger partial charge < -0.3 is 5.73 Å². The first-order chi connectivity index (χ1) is 9.15. The van der Waals surface area contributed by atoms with Crippen molar-refractivity contribution in [1.82, 2.24) is 9.88 Å². The molecular formula is C15H18ClN3. The summed E-state index contributed by atoms with van der Waals surface area (Å²) < 4.78 is 0. The number of nitrogens with two attached hydrogens (primary N) is 1. The lowest BCUT2D eigenvalue weighted by molar-refractivity contribution is 0.323. The Morgan fingerprint density at radius 2 is 2.21 bits per heavy atom. The molecule has 2 aromatic rings. The van der Waals surface area contributed by atoms with Crippen molar-refractivity contribution in [3.8, 4) is 0 Å². The average molecular weight is 276 g/mol. The van der Waals surface area contributed by atoms with Crippen LogP contribution in [0.25, 0.3) is 10.9 Å². The number of benzene rings is 1. The number of nitrogens with zero attached hydrogens (tertiary/aromatic N) is 2. The third-order valence-corrected chi connectivity index (χ3v) is 4.33. The number of aromatic nitrogens is 1. The van der Waals surface area contributed by atoms with Crippen molar-refractivity contribution >= 4 is 22.5 Å². The maximum atomic E-state index is 6.47. The van der Waals surface area contributed by atoms with Gasteiger partial charge in [-0.1, -0.05) is 29.8 Å². The fourth-order valence-electron chi connectivity index (χ4n) is 2.74. The zero-order valence-corrected chi connectivity index (χ0v) is 11.8. The Bertz CT molecular complexity index is 612. The lowest BCUT2D eigenvalue weighted by Crippen LogP contribution is -2.26. The summed E-state index contributed by atoms with van der Waals surface area (Å²) in [5.74, 6) is 0. The van der Waals surface area contributed by atoms with Crippen molar-refractivity contribution in [2.75, 3.05) is 13.1 Å². The zero-order chi connectivity index (χ0) is 13.4. The summed E-state index contributed by atoms with van der Waals surface area (Å²) in [6.07, 6.45) is 1.06. The van der Waals surface area contributed by atoms with Gasteiger partial charge in [0.2, 0.25) is 0 Å². The van der Waals surface area contributed by atoms with E-state index in [1.807, 2.05) is 18.2 Å². The van der Waals surface area contributed by atoms with Crippen LogP contribution in [0.1, 0.15) is 17.7 Å². The summed E-state index contributed by atoms with van der Waals surface area (Å²) >= 11 is 6.47. The van der Waals surface area contributed by atoms with Crippen LogP contribution in [-0.2, 0) is 6.54 Å². The van der Waals surface area contributed by atoms with Crippen LogP contribution < -0.4 is 5.73 Å². The number of pyridine rings is 1. The summed E-state index contributed by atoms with van der Waals surface area (Å²) in [6, 6.07) is 8.43. The Balaban J connectivity index is 1.97. The topological polar surface area (TPSA) is 42.1 Å². The van der Waals surface area contributed by atoms with Gasteiger partial charge in [-0.2, -0.15) is 0 Å². The van der Waals surface area contributed by atoms with Crippen molar-refractivity contribution in [3.63, 3.8) is 0 Å². The van der Waals surface area contributed by atoms with Crippen molar-refractivity contribution in [2.24, 2.45) is 5.73 Å². The third kappa shape index (κ3) is 2.46. The van der Waals surface area contributed by atoms with Gasteiger partial charge in [-0.15, -0.1) is 0 Å². The first-order valence-corrected chi connectivity index (χ1v) is 7.04. The fourth-order valence-corrected chi connectivity index (χ4v) is 2.94. The molecule has 1 aliphatic rings. The highest BCUT2D eigenvalue weighted by molar-refractivity contribution is 6.32. The molecule has 0 bridgehead atoms. The average Bonchev–Trinajstić information content (AvgIpc) is 2.81. The van der Waals surface area contributed by atoms with Crippen LogP contribution in [0.5, 0.6) is 0 Å². The number of para-hydroxylation sites is 1. The molecule has 1 saturated heterocycles. The number of aryl methyl sites for hydroxylation is 1. The van der Waals surface area contributed by atoms with E-state index < -0.39 is 0 Å². The molecule has 2 N–H and O–H groups in total. The molecule has 0 spiro atoms. The molecule has 1 aromatic carbocycles. The Kier molecular flexibility index (Phi) is 3.44. The van der Waals surface area contributed by atoms with E-state index in [9.17, 15) is 0 Å². The monoisotopic (exact) mass is 275 g/mol. The van der Waals surface area contributed by atoms with Gasteiger partial charge in [0.15, 0.2) is 0 Å².